The Balaban J connectivity index is 0.000000163. The summed E-state index contributed by atoms with van der Waals surface area (Å²) in [6, 6.07) is 19.2. The lowest BCUT2D eigenvalue weighted by Gasteiger charge is -2.15. The van der Waals surface area contributed by atoms with E-state index in [0.717, 1.165) is 42.4 Å². The van der Waals surface area contributed by atoms with E-state index in [2.05, 4.69) is 6.92 Å². The maximum atomic E-state index is 13.2. The van der Waals surface area contributed by atoms with Crippen LogP contribution in [0, 0.1) is 35.2 Å². The first-order valence-corrected chi connectivity index (χ1v) is 16.3. The molecule has 3 aromatic carbocycles. The number of hydrogen-bond acceptors (Lipinski definition) is 7. The second-order valence-corrected chi connectivity index (χ2v) is 13.2. The highest BCUT2D eigenvalue weighted by molar-refractivity contribution is 5.66. The zero-order valence-corrected chi connectivity index (χ0v) is 27.6. The molecule has 0 aliphatic heterocycles. The van der Waals surface area contributed by atoms with Gasteiger partial charge >= 0.3 is 11.9 Å². The largest absolute Gasteiger partial charge is 0.466 e. The summed E-state index contributed by atoms with van der Waals surface area (Å²) in [6.07, 6.45) is 3.38. The lowest BCUT2D eigenvalue weighted by Crippen LogP contribution is -2.18. The van der Waals surface area contributed by atoms with Crippen LogP contribution in [0.15, 0.2) is 72.8 Å². The first-order valence-electron chi connectivity index (χ1n) is 16.3. The molecule has 3 N–H and O–H groups in total. The number of esters is 2. The predicted octanol–water partition coefficient (Wildman–Crippen LogP) is 5.76. The van der Waals surface area contributed by atoms with Crippen molar-refractivity contribution in [3.05, 3.63) is 107 Å². The van der Waals surface area contributed by atoms with Crippen LogP contribution in [0.4, 0.5) is 13.2 Å². The van der Waals surface area contributed by atoms with Gasteiger partial charge in [-0.1, -0.05) is 43.3 Å². The maximum Gasteiger partial charge on any atom is 0.302 e. The fourth-order valence-corrected chi connectivity index (χ4v) is 6.92. The Bertz CT molecular complexity index is 1480. The number of ether oxygens (including phenoxy) is 2. The van der Waals surface area contributed by atoms with Gasteiger partial charge in [0.1, 0.15) is 17.5 Å². The molecular weight excluding hydrogens is 625 g/mol. The van der Waals surface area contributed by atoms with E-state index < -0.39 is 10.8 Å². The summed E-state index contributed by atoms with van der Waals surface area (Å²) >= 11 is 0. The second kappa shape index (κ2) is 15.7. The van der Waals surface area contributed by atoms with Crippen LogP contribution in [0.2, 0.25) is 0 Å². The summed E-state index contributed by atoms with van der Waals surface area (Å²) in [4.78, 5) is 21.5. The van der Waals surface area contributed by atoms with Crippen LogP contribution in [-0.4, -0.2) is 60.3 Å². The molecule has 3 saturated carbocycles. The van der Waals surface area contributed by atoms with Crippen LogP contribution >= 0.6 is 0 Å². The summed E-state index contributed by atoms with van der Waals surface area (Å²) in [5.74, 6) is -0.893. The van der Waals surface area contributed by atoms with Crippen molar-refractivity contribution in [1.29, 1.82) is 0 Å². The third-order valence-corrected chi connectivity index (χ3v) is 10.3. The summed E-state index contributed by atoms with van der Waals surface area (Å²) in [5, 5.41) is 27.7. The van der Waals surface area contributed by atoms with E-state index in [1.165, 1.54) is 44.2 Å². The lowest BCUT2D eigenvalue weighted by molar-refractivity contribution is -0.142. The molecule has 0 bridgehead atoms. The smallest absolute Gasteiger partial charge is 0.302 e. The highest BCUT2D eigenvalue weighted by Gasteiger charge is 2.56. The number of halogens is 3. The Morgan fingerprint density at radius 1 is 0.646 bits per heavy atom. The van der Waals surface area contributed by atoms with E-state index >= 15 is 0 Å². The lowest BCUT2D eigenvalue weighted by atomic mass is 9.90. The molecule has 0 saturated heterocycles. The van der Waals surface area contributed by atoms with Gasteiger partial charge in [-0.3, -0.25) is 9.59 Å². The fourth-order valence-electron chi connectivity index (χ4n) is 6.92. The zero-order chi connectivity index (χ0) is 35.1. The third-order valence-electron chi connectivity index (χ3n) is 10.3. The fraction of sp³-hybridized carbons (Fsp3) is 0.474. The molecule has 260 valence electrons. The molecule has 0 spiro atoms. The number of rotatable bonds is 11. The highest BCUT2D eigenvalue weighted by atomic mass is 19.1. The second-order valence-electron chi connectivity index (χ2n) is 13.2. The van der Waals surface area contributed by atoms with Gasteiger partial charge in [0.25, 0.3) is 0 Å². The van der Waals surface area contributed by atoms with Crippen molar-refractivity contribution in [2.75, 3.05) is 33.0 Å². The Morgan fingerprint density at radius 2 is 1.00 bits per heavy atom. The van der Waals surface area contributed by atoms with Gasteiger partial charge in [0.2, 0.25) is 0 Å². The molecule has 7 nitrogen and oxygen atoms in total. The average Bonchev–Trinajstić information content (AvgIpc) is 4.00. The Morgan fingerprint density at radius 3 is 1.33 bits per heavy atom. The van der Waals surface area contributed by atoms with Gasteiger partial charge in [-0.15, -0.1) is 0 Å². The Labute approximate surface area is 279 Å². The molecule has 0 radical (unpaired) electrons. The van der Waals surface area contributed by atoms with Gasteiger partial charge in [0.15, 0.2) is 0 Å². The average molecular weight is 671 g/mol. The van der Waals surface area contributed by atoms with Crippen LogP contribution in [0.25, 0.3) is 0 Å². The molecule has 10 heteroatoms. The zero-order valence-electron chi connectivity index (χ0n) is 27.6. The van der Waals surface area contributed by atoms with Crippen molar-refractivity contribution in [2.45, 2.75) is 62.7 Å². The van der Waals surface area contributed by atoms with Gasteiger partial charge in [-0.25, -0.2) is 13.2 Å². The van der Waals surface area contributed by atoms with Gasteiger partial charge in [0.05, 0.1) is 26.4 Å². The van der Waals surface area contributed by atoms with Crippen LogP contribution < -0.4 is 0 Å². The molecule has 0 unspecified atom stereocenters. The van der Waals surface area contributed by atoms with Crippen molar-refractivity contribution < 1.29 is 47.6 Å². The maximum absolute atomic E-state index is 13.2. The van der Waals surface area contributed by atoms with Crippen LogP contribution in [0.5, 0.6) is 0 Å². The first kappa shape index (κ1) is 37.1. The Hall–Kier alpha value is -3.73. The van der Waals surface area contributed by atoms with Crippen molar-refractivity contribution in [3.8, 4) is 0 Å². The molecule has 0 aromatic heterocycles. The standard InChI is InChI=1S/C14H17FO2.C13H15FO3.C11H13FO2/c1-3-14(8-12(14)9-17-10(2)16)11-5-4-6-13(15)7-11;1-9(16)17-7-11-6-13(11,8-15)10-3-2-4-12(14)5-10;12-10-3-1-2-8(4-10)11(7-14)5-9(11)6-13/h4-7,12H,3,8-9H2,1-2H3;2-5,11,15H,6-8H2,1H3;1-4,9,13-14H,5-7H2/t12-,14-;11-,13+;9-,11+/m000/s1. The van der Waals surface area contributed by atoms with Crippen LogP contribution in [0.1, 0.15) is 63.1 Å². The summed E-state index contributed by atoms with van der Waals surface area (Å²) in [5.41, 5.74) is 1.78. The van der Waals surface area contributed by atoms with Gasteiger partial charge in [0, 0.05) is 48.5 Å². The minimum absolute atomic E-state index is 0.0115. The minimum Gasteiger partial charge on any atom is -0.466 e. The van der Waals surface area contributed by atoms with Crippen molar-refractivity contribution in [1.82, 2.24) is 0 Å². The molecule has 3 aliphatic carbocycles. The normalized spacial score (nSPS) is 27.7. The SMILES string of the molecule is CC(=O)OC[C@@H]1C[C@@]1(CO)c1cccc(F)c1.CC[C@@]1(c2cccc(F)c2)C[C@H]1COC(C)=O.OC[C@@H]1C[C@@]1(CO)c1cccc(F)c1. The summed E-state index contributed by atoms with van der Waals surface area (Å²) in [6.45, 7) is 5.56. The number of carbonyl (C=O) groups is 2. The number of aliphatic hydroxyl groups is 3. The molecule has 0 amide bonds. The van der Waals surface area contributed by atoms with Crippen molar-refractivity contribution in [2.24, 2.45) is 17.8 Å². The van der Waals surface area contributed by atoms with E-state index in [0.29, 0.717) is 12.5 Å². The van der Waals surface area contributed by atoms with E-state index in [4.69, 9.17) is 14.6 Å². The highest BCUT2D eigenvalue weighted by Crippen LogP contribution is 2.57. The Kier molecular flexibility index (Phi) is 12.1. The van der Waals surface area contributed by atoms with Crippen LogP contribution in [0.3, 0.4) is 0 Å². The molecule has 3 aromatic rings. The van der Waals surface area contributed by atoms with Gasteiger partial charge in [-0.2, -0.15) is 0 Å². The predicted molar refractivity (Wildman–Crippen MR) is 173 cm³/mol. The third kappa shape index (κ3) is 8.46. The number of aliphatic hydroxyl groups excluding tert-OH is 3. The van der Waals surface area contributed by atoms with E-state index in [1.807, 2.05) is 6.07 Å². The molecule has 6 rings (SSSR count). The van der Waals surface area contributed by atoms with E-state index in [1.54, 1.807) is 36.4 Å². The molecule has 0 heterocycles. The molecule has 3 fully saturated rings. The van der Waals surface area contributed by atoms with Crippen molar-refractivity contribution >= 4 is 11.9 Å². The van der Waals surface area contributed by atoms with Gasteiger partial charge < -0.3 is 24.8 Å². The van der Waals surface area contributed by atoms with Crippen molar-refractivity contribution in [3.63, 3.8) is 0 Å². The number of benzene rings is 3. The first-order chi connectivity index (χ1) is 22.9. The minimum atomic E-state index is -0.433. The molecule has 48 heavy (non-hydrogen) atoms. The summed E-state index contributed by atoms with van der Waals surface area (Å²) < 4.78 is 49.3. The number of hydrogen-bond donors (Lipinski definition) is 3. The molecule has 3 aliphatic rings. The number of carbonyl (C=O) groups excluding carboxylic acids is 2. The molecule has 6 atom stereocenters. The molecular formula is C38H45F3O7. The van der Waals surface area contributed by atoms with Gasteiger partial charge in [-0.05, 0) is 84.7 Å². The monoisotopic (exact) mass is 670 g/mol. The van der Waals surface area contributed by atoms with E-state index in [-0.39, 0.29) is 73.1 Å². The van der Waals surface area contributed by atoms with Crippen LogP contribution in [-0.2, 0) is 35.3 Å². The topological polar surface area (TPSA) is 113 Å². The summed E-state index contributed by atoms with van der Waals surface area (Å²) in [7, 11) is 0. The van der Waals surface area contributed by atoms with E-state index in [9.17, 15) is 33.0 Å². The quantitative estimate of drug-likeness (QED) is 0.222.